The fourth-order valence-electron chi connectivity index (χ4n) is 5.36. The summed E-state index contributed by atoms with van der Waals surface area (Å²) in [5, 5.41) is 7.05. The second kappa shape index (κ2) is 9.72. The van der Waals surface area contributed by atoms with Gasteiger partial charge in [0.25, 0.3) is 0 Å². The predicted molar refractivity (Wildman–Crippen MR) is 142 cm³/mol. The number of H-pyrrole nitrogens is 1. The Balaban J connectivity index is 1.45. The van der Waals surface area contributed by atoms with E-state index < -0.39 is 29.1 Å². The van der Waals surface area contributed by atoms with Crippen molar-refractivity contribution in [1.29, 1.82) is 0 Å². The van der Waals surface area contributed by atoms with Crippen LogP contribution >= 0.6 is 11.6 Å². The van der Waals surface area contributed by atoms with Crippen LogP contribution in [0.5, 0.6) is 17.2 Å². The van der Waals surface area contributed by atoms with Gasteiger partial charge in [0.15, 0.2) is 5.75 Å². The van der Waals surface area contributed by atoms with Crippen LogP contribution in [-0.4, -0.2) is 55.4 Å². The van der Waals surface area contributed by atoms with E-state index in [0.29, 0.717) is 18.5 Å². The number of likely N-dealkylation sites (N-methyl/N-ethyl adjacent to an activating group) is 1. The Hall–Kier alpha value is -3.98. The van der Waals surface area contributed by atoms with Gasteiger partial charge in [-0.05, 0) is 18.1 Å². The van der Waals surface area contributed by atoms with Crippen LogP contribution in [0.25, 0.3) is 10.9 Å². The van der Waals surface area contributed by atoms with Crippen molar-refractivity contribution in [3.05, 3.63) is 64.5 Å². The van der Waals surface area contributed by atoms with Crippen molar-refractivity contribution in [2.24, 2.45) is 5.92 Å². The molecule has 3 atom stereocenters. The number of fused-ring (bicyclic) bond motifs is 2. The number of amides is 1. The average Bonchev–Trinajstić information content (AvgIpc) is 3.47. The molecular formula is C28H28ClN3O6. The quantitative estimate of drug-likeness (QED) is 0.394. The number of aromatic amines is 1. The first kappa shape index (κ1) is 25.7. The third kappa shape index (κ3) is 3.89. The van der Waals surface area contributed by atoms with Crippen LogP contribution in [0.1, 0.15) is 29.3 Å². The van der Waals surface area contributed by atoms with Crippen molar-refractivity contribution in [3.8, 4) is 17.2 Å². The monoisotopic (exact) mass is 537 g/mol. The minimum atomic E-state index is -1.78. The zero-order chi connectivity index (χ0) is 27.2. The Morgan fingerprint density at radius 3 is 2.66 bits per heavy atom. The number of hydrogen-bond donors (Lipinski definition) is 3. The summed E-state index contributed by atoms with van der Waals surface area (Å²) in [5.74, 6) is -1.27. The Labute approximate surface area is 224 Å². The normalized spacial score (nSPS) is 21.1. The number of hydrogen-bond acceptors (Lipinski definition) is 7. The number of ketones is 2. The van der Waals surface area contributed by atoms with E-state index >= 15 is 0 Å². The number of allylic oxidation sites excluding steroid dienone is 1. The fourth-order valence-corrected chi connectivity index (χ4v) is 5.62. The molecule has 0 fully saturated rings. The Morgan fingerprint density at radius 2 is 1.97 bits per heavy atom. The van der Waals surface area contributed by atoms with Crippen LogP contribution in [-0.2, 0) is 16.0 Å². The molecule has 9 nitrogen and oxygen atoms in total. The summed E-state index contributed by atoms with van der Waals surface area (Å²) in [5.41, 5.74) is 0.823. The summed E-state index contributed by atoms with van der Waals surface area (Å²) in [7, 11) is 4.42. The van der Waals surface area contributed by atoms with Gasteiger partial charge >= 0.3 is 0 Å². The topological polar surface area (TPSA) is 119 Å². The number of benzene rings is 2. The number of carbonyl (C=O) groups is 3. The Kier molecular flexibility index (Phi) is 6.56. The molecule has 198 valence electrons. The molecule has 1 aliphatic carbocycles. The molecule has 2 heterocycles. The largest absolute Gasteiger partial charge is 0.496 e. The molecule has 38 heavy (non-hydrogen) atoms. The summed E-state index contributed by atoms with van der Waals surface area (Å²) in [4.78, 5) is 43.4. The SMILES string of the molecule is CNC(=O)[C@@H](Cc1c[nH]c2ccccc12)NC1=CC(=O)[C@@]2(Oc3c(Cl)c(OC)cc(OC)c3C2=O)[C@H](C)C1. The minimum Gasteiger partial charge on any atom is -0.496 e. The number of para-hydroxylation sites is 1. The molecule has 0 saturated heterocycles. The summed E-state index contributed by atoms with van der Waals surface area (Å²) < 4.78 is 16.8. The molecule has 0 unspecified atom stereocenters. The zero-order valence-electron chi connectivity index (χ0n) is 21.4. The van der Waals surface area contributed by atoms with Crippen molar-refractivity contribution < 1.29 is 28.6 Å². The van der Waals surface area contributed by atoms with E-state index in [0.717, 1.165) is 16.5 Å². The highest BCUT2D eigenvalue weighted by molar-refractivity contribution is 6.36. The van der Waals surface area contributed by atoms with E-state index in [1.807, 2.05) is 30.5 Å². The molecule has 1 amide bonds. The standard InChI is InChI=1S/C28H28ClN3O6/c1-14-9-16(32-19(27(35)30-2)10-15-13-31-18-8-6-5-7-17(15)18)11-22(33)28(14)26(34)23-20(36-3)12-21(37-4)24(29)25(23)38-28/h5-8,11-14,19,31-32H,9-10H2,1-4H3,(H,30,35)/t14-,19-,28+/m1/s1. The van der Waals surface area contributed by atoms with E-state index in [1.54, 1.807) is 14.0 Å². The van der Waals surface area contributed by atoms with Crippen molar-refractivity contribution in [2.75, 3.05) is 21.3 Å². The van der Waals surface area contributed by atoms with Crippen molar-refractivity contribution in [1.82, 2.24) is 15.6 Å². The number of aromatic nitrogens is 1. The number of nitrogens with one attached hydrogen (secondary N) is 3. The summed E-state index contributed by atoms with van der Waals surface area (Å²) in [6.07, 6.45) is 3.92. The van der Waals surface area contributed by atoms with Crippen LogP contribution < -0.4 is 24.8 Å². The first-order chi connectivity index (χ1) is 18.2. The van der Waals surface area contributed by atoms with Crippen LogP contribution in [0.3, 0.4) is 0 Å². The van der Waals surface area contributed by atoms with E-state index in [-0.39, 0.29) is 33.7 Å². The lowest BCUT2D eigenvalue weighted by atomic mass is 9.74. The lowest BCUT2D eigenvalue weighted by Gasteiger charge is -2.36. The maximum absolute atomic E-state index is 13.7. The molecule has 3 aromatic rings. The van der Waals surface area contributed by atoms with Gasteiger partial charge in [-0.25, -0.2) is 0 Å². The first-order valence-electron chi connectivity index (χ1n) is 12.2. The predicted octanol–water partition coefficient (Wildman–Crippen LogP) is 3.59. The lowest BCUT2D eigenvalue weighted by molar-refractivity contribution is -0.129. The highest BCUT2D eigenvalue weighted by Crippen LogP contribution is 2.52. The highest BCUT2D eigenvalue weighted by Gasteiger charge is 2.60. The maximum Gasteiger partial charge on any atom is 0.242 e. The molecule has 1 aromatic heterocycles. The number of rotatable bonds is 7. The zero-order valence-corrected chi connectivity index (χ0v) is 22.2. The van der Waals surface area contributed by atoms with Gasteiger partial charge in [0.1, 0.15) is 28.1 Å². The summed E-state index contributed by atoms with van der Waals surface area (Å²) >= 11 is 6.46. The van der Waals surface area contributed by atoms with Gasteiger partial charge in [-0.2, -0.15) is 0 Å². The fraction of sp³-hybridized carbons (Fsp3) is 0.321. The number of carbonyl (C=O) groups excluding carboxylic acids is 3. The molecular weight excluding hydrogens is 510 g/mol. The highest BCUT2D eigenvalue weighted by atomic mass is 35.5. The average molecular weight is 538 g/mol. The van der Waals surface area contributed by atoms with Gasteiger partial charge < -0.3 is 29.8 Å². The molecule has 0 bridgehead atoms. The van der Waals surface area contributed by atoms with E-state index in [9.17, 15) is 14.4 Å². The van der Waals surface area contributed by atoms with Gasteiger partial charge in [0.05, 0.1) is 14.2 Å². The molecule has 10 heteroatoms. The number of Topliss-reactive ketones (excluding diaryl/α,β-unsaturated/α-hetero) is 1. The molecule has 2 aromatic carbocycles. The van der Waals surface area contributed by atoms with Gasteiger partial charge in [0, 0.05) is 54.3 Å². The Bertz CT molecular complexity index is 1500. The van der Waals surface area contributed by atoms with Crippen LogP contribution in [0.4, 0.5) is 0 Å². The second-order valence-corrected chi connectivity index (χ2v) is 9.86. The smallest absolute Gasteiger partial charge is 0.242 e. The van der Waals surface area contributed by atoms with Gasteiger partial charge in [-0.15, -0.1) is 0 Å². The molecule has 2 aliphatic rings. The van der Waals surface area contributed by atoms with Gasteiger partial charge in [-0.1, -0.05) is 36.7 Å². The van der Waals surface area contributed by atoms with E-state index in [2.05, 4.69) is 15.6 Å². The third-order valence-electron chi connectivity index (χ3n) is 7.33. The van der Waals surface area contributed by atoms with Gasteiger partial charge in [-0.3, -0.25) is 14.4 Å². The molecule has 1 aliphatic heterocycles. The summed E-state index contributed by atoms with van der Waals surface area (Å²) in [6, 6.07) is 8.70. The molecule has 1 spiro atoms. The van der Waals surface area contributed by atoms with E-state index in [4.69, 9.17) is 25.8 Å². The van der Waals surface area contributed by atoms with Crippen molar-refractivity contribution in [2.45, 2.75) is 31.4 Å². The minimum absolute atomic E-state index is 0.0699. The number of methoxy groups -OCH3 is 2. The molecule has 5 rings (SSSR count). The molecule has 0 radical (unpaired) electrons. The van der Waals surface area contributed by atoms with Crippen LogP contribution in [0, 0.1) is 5.92 Å². The van der Waals surface area contributed by atoms with E-state index in [1.165, 1.54) is 26.4 Å². The Morgan fingerprint density at radius 1 is 1.24 bits per heavy atom. The lowest BCUT2D eigenvalue weighted by Crippen LogP contribution is -2.56. The maximum atomic E-state index is 13.7. The second-order valence-electron chi connectivity index (χ2n) is 9.48. The van der Waals surface area contributed by atoms with Crippen LogP contribution in [0.15, 0.2) is 48.3 Å². The third-order valence-corrected chi connectivity index (χ3v) is 7.69. The molecule has 3 N–H and O–H groups in total. The first-order valence-corrected chi connectivity index (χ1v) is 12.6. The van der Waals surface area contributed by atoms with Crippen molar-refractivity contribution >= 4 is 40.0 Å². The van der Waals surface area contributed by atoms with Gasteiger partial charge in [0.2, 0.25) is 23.1 Å². The number of halogens is 1. The van der Waals surface area contributed by atoms with Crippen molar-refractivity contribution in [3.63, 3.8) is 0 Å². The molecule has 0 saturated carbocycles. The summed E-state index contributed by atoms with van der Waals surface area (Å²) in [6.45, 7) is 1.77. The number of ether oxygens (including phenoxy) is 3. The van der Waals surface area contributed by atoms with Crippen LogP contribution in [0.2, 0.25) is 5.02 Å².